The van der Waals surface area contributed by atoms with Gasteiger partial charge < -0.3 is 10.2 Å². The molecule has 1 aliphatic heterocycles. The minimum absolute atomic E-state index is 0. The van der Waals surface area contributed by atoms with Gasteiger partial charge in [0.25, 0.3) is 0 Å². The van der Waals surface area contributed by atoms with Gasteiger partial charge in [0.15, 0.2) is 0 Å². The number of hydrogen-bond donors (Lipinski definition) is 1. The van der Waals surface area contributed by atoms with E-state index in [-0.39, 0.29) is 23.7 Å². The van der Waals surface area contributed by atoms with E-state index < -0.39 is 0 Å². The Kier molecular flexibility index (Phi) is 6.60. The zero-order chi connectivity index (χ0) is 17.2. The predicted octanol–water partition coefficient (Wildman–Crippen LogP) is 4.28. The average molecular weight is 380 g/mol. The molecule has 6 heteroatoms. The van der Waals surface area contributed by atoms with Gasteiger partial charge in [0, 0.05) is 42.5 Å². The highest BCUT2D eigenvalue weighted by atomic mass is 35.5. The van der Waals surface area contributed by atoms with E-state index in [2.05, 4.69) is 43.6 Å². The molecule has 2 aromatic rings. The fourth-order valence-electron chi connectivity index (χ4n) is 2.82. The van der Waals surface area contributed by atoms with Crippen molar-refractivity contribution in [3.8, 4) is 0 Å². The van der Waals surface area contributed by atoms with Crippen molar-refractivity contribution in [2.45, 2.75) is 52.1 Å². The number of carbonyl (C=O) groups is 1. The van der Waals surface area contributed by atoms with Crippen LogP contribution in [-0.4, -0.2) is 17.4 Å². The number of aromatic nitrogens is 1. The van der Waals surface area contributed by atoms with Crippen molar-refractivity contribution >= 4 is 35.3 Å². The molecule has 1 N–H and O–H groups in total. The molecule has 1 saturated heterocycles. The summed E-state index contributed by atoms with van der Waals surface area (Å²) in [4.78, 5) is 18.5. The highest BCUT2D eigenvalue weighted by Crippen LogP contribution is 2.25. The molecule has 1 aliphatic rings. The quantitative estimate of drug-likeness (QED) is 0.843. The molecule has 25 heavy (non-hydrogen) atoms. The molecular weight excluding hydrogens is 354 g/mol. The van der Waals surface area contributed by atoms with Crippen molar-refractivity contribution in [1.82, 2.24) is 10.3 Å². The normalized spacial score (nSPS) is 14.7. The second-order valence-corrected chi connectivity index (χ2v) is 8.17. The number of amides is 1. The average Bonchev–Trinajstić information content (AvgIpc) is 3.16. The molecule has 1 amide bonds. The lowest BCUT2D eigenvalue weighted by Gasteiger charge is -2.16. The van der Waals surface area contributed by atoms with Crippen molar-refractivity contribution < 1.29 is 4.79 Å². The standard InChI is InChI=1S/C19H25N3OS.ClH/c1-19(2,3)18-21-15(13-24-18)12-20-11-14-6-4-7-16(10-14)22-9-5-8-17(22)23;/h4,6-7,10,13,20H,5,8-9,11-12H2,1-3H3;1H. The van der Waals surface area contributed by atoms with E-state index in [4.69, 9.17) is 4.98 Å². The summed E-state index contributed by atoms with van der Waals surface area (Å²) in [7, 11) is 0. The summed E-state index contributed by atoms with van der Waals surface area (Å²) in [5, 5.41) is 6.76. The number of anilines is 1. The monoisotopic (exact) mass is 379 g/mol. The lowest BCUT2D eigenvalue weighted by molar-refractivity contribution is -0.117. The summed E-state index contributed by atoms with van der Waals surface area (Å²) in [6.07, 6.45) is 1.63. The largest absolute Gasteiger partial charge is 0.312 e. The van der Waals surface area contributed by atoms with Crippen molar-refractivity contribution in [2.24, 2.45) is 0 Å². The second-order valence-electron chi connectivity index (χ2n) is 7.32. The van der Waals surface area contributed by atoms with E-state index >= 15 is 0 Å². The van der Waals surface area contributed by atoms with Crippen molar-refractivity contribution in [3.63, 3.8) is 0 Å². The van der Waals surface area contributed by atoms with Crippen LogP contribution in [0.2, 0.25) is 0 Å². The maximum absolute atomic E-state index is 11.9. The van der Waals surface area contributed by atoms with Gasteiger partial charge in [-0.05, 0) is 24.1 Å². The number of nitrogens with one attached hydrogen (secondary N) is 1. The van der Waals surface area contributed by atoms with E-state index in [0.717, 1.165) is 37.4 Å². The van der Waals surface area contributed by atoms with Crippen molar-refractivity contribution in [1.29, 1.82) is 0 Å². The SMILES string of the molecule is CC(C)(C)c1nc(CNCc2cccc(N3CCCC3=O)c2)cs1.Cl. The molecule has 0 aliphatic carbocycles. The first-order valence-electron chi connectivity index (χ1n) is 8.48. The third-order valence-electron chi connectivity index (χ3n) is 4.12. The molecule has 0 unspecified atom stereocenters. The van der Waals surface area contributed by atoms with Gasteiger partial charge in [-0.25, -0.2) is 4.98 Å². The fourth-order valence-corrected chi connectivity index (χ4v) is 3.73. The number of benzene rings is 1. The lowest BCUT2D eigenvalue weighted by atomic mass is 9.98. The Labute approximate surface area is 160 Å². The Morgan fingerprint density at radius 3 is 2.72 bits per heavy atom. The van der Waals surface area contributed by atoms with Gasteiger partial charge in [0.2, 0.25) is 5.91 Å². The van der Waals surface area contributed by atoms with Gasteiger partial charge in [-0.2, -0.15) is 0 Å². The Morgan fingerprint density at radius 2 is 2.08 bits per heavy atom. The Bertz CT molecular complexity index is 723. The maximum Gasteiger partial charge on any atom is 0.227 e. The van der Waals surface area contributed by atoms with Gasteiger partial charge in [0.05, 0.1) is 10.7 Å². The van der Waals surface area contributed by atoms with Crippen LogP contribution in [0.3, 0.4) is 0 Å². The number of hydrogen-bond acceptors (Lipinski definition) is 4. The van der Waals surface area contributed by atoms with Crippen molar-refractivity contribution in [2.75, 3.05) is 11.4 Å². The first-order chi connectivity index (χ1) is 11.4. The van der Waals surface area contributed by atoms with Crippen molar-refractivity contribution in [3.05, 3.63) is 45.9 Å². The van der Waals surface area contributed by atoms with E-state index in [1.165, 1.54) is 10.6 Å². The summed E-state index contributed by atoms with van der Waals surface area (Å²) in [6, 6.07) is 8.25. The summed E-state index contributed by atoms with van der Waals surface area (Å²) in [5.41, 5.74) is 3.41. The molecule has 0 atom stereocenters. The van der Waals surface area contributed by atoms with Gasteiger partial charge in [-0.3, -0.25) is 4.79 Å². The zero-order valence-corrected chi connectivity index (χ0v) is 16.7. The van der Waals surface area contributed by atoms with Crippen LogP contribution in [-0.2, 0) is 23.3 Å². The van der Waals surface area contributed by atoms with E-state index in [0.29, 0.717) is 6.42 Å². The maximum atomic E-state index is 11.9. The highest BCUT2D eigenvalue weighted by molar-refractivity contribution is 7.09. The lowest BCUT2D eigenvalue weighted by Crippen LogP contribution is -2.23. The van der Waals surface area contributed by atoms with Crippen LogP contribution in [0.5, 0.6) is 0 Å². The fraction of sp³-hybridized carbons (Fsp3) is 0.474. The molecule has 0 bridgehead atoms. The number of halogens is 1. The van der Waals surface area contributed by atoms with Crippen LogP contribution < -0.4 is 10.2 Å². The molecule has 1 aromatic heterocycles. The molecular formula is C19H26ClN3OS. The number of carbonyl (C=O) groups excluding carboxylic acids is 1. The van der Waals surface area contributed by atoms with E-state index in [1.807, 2.05) is 17.0 Å². The minimum atomic E-state index is 0. The van der Waals surface area contributed by atoms with Crippen LogP contribution in [0.15, 0.2) is 29.6 Å². The van der Waals surface area contributed by atoms with Crippen LogP contribution in [0.4, 0.5) is 5.69 Å². The second kappa shape index (κ2) is 8.30. The minimum Gasteiger partial charge on any atom is -0.312 e. The van der Waals surface area contributed by atoms with Crippen LogP contribution >= 0.6 is 23.7 Å². The predicted molar refractivity (Wildman–Crippen MR) is 107 cm³/mol. The van der Waals surface area contributed by atoms with E-state index in [1.54, 1.807) is 11.3 Å². The summed E-state index contributed by atoms with van der Waals surface area (Å²) < 4.78 is 0. The molecule has 136 valence electrons. The van der Waals surface area contributed by atoms with E-state index in [9.17, 15) is 4.79 Å². The first-order valence-corrected chi connectivity index (χ1v) is 9.36. The zero-order valence-electron chi connectivity index (χ0n) is 15.0. The molecule has 0 saturated carbocycles. The Hall–Kier alpha value is -1.43. The summed E-state index contributed by atoms with van der Waals surface area (Å²) >= 11 is 1.73. The highest BCUT2D eigenvalue weighted by Gasteiger charge is 2.21. The third-order valence-corrected chi connectivity index (χ3v) is 5.44. The van der Waals surface area contributed by atoms with Gasteiger partial charge in [-0.15, -0.1) is 23.7 Å². The Morgan fingerprint density at radius 1 is 1.28 bits per heavy atom. The third kappa shape index (κ3) is 5.03. The van der Waals surface area contributed by atoms with Gasteiger partial charge >= 0.3 is 0 Å². The number of thiazole rings is 1. The molecule has 1 aromatic carbocycles. The molecule has 3 rings (SSSR count). The van der Waals surface area contributed by atoms with Gasteiger partial charge in [-0.1, -0.05) is 32.9 Å². The topological polar surface area (TPSA) is 45.2 Å². The molecule has 4 nitrogen and oxygen atoms in total. The number of rotatable bonds is 5. The molecule has 0 radical (unpaired) electrons. The van der Waals surface area contributed by atoms with Crippen LogP contribution in [0.25, 0.3) is 0 Å². The molecule has 1 fully saturated rings. The smallest absolute Gasteiger partial charge is 0.227 e. The molecule has 0 spiro atoms. The van der Waals surface area contributed by atoms with Gasteiger partial charge in [0.1, 0.15) is 0 Å². The first kappa shape index (κ1) is 19.9. The van der Waals surface area contributed by atoms with Crippen LogP contribution in [0.1, 0.15) is 49.9 Å². The van der Waals surface area contributed by atoms with Crippen LogP contribution in [0, 0.1) is 0 Å². The Balaban J connectivity index is 0.00000225. The summed E-state index contributed by atoms with van der Waals surface area (Å²) in [5.74, 6) is 0.234. The number of nitrogens with zero attached hydrogens (tertiary/aromatic N) is 2. The molecule has 2 heterocycles. The summed E-state index contributed by atoms with van der Waals surface area (Å²) in [6.45, 7) is 8.94.